The van der Waals surface area contributed by atoms with Gasteiger partial charge in [-0.15, -0.1) is 0 Å². The van der Waals surface area contributed by atoms with Crippen molar-refractivity contribution in [2.75, 3.05) is 5.32 Å². The third-order valence-electron chi connectivity index (χ3n) is 2.58. The fraction of sp³-hybridized carbons (Fsp3) is 0.273. The molecule has 1 unspecified atom stereocenters. The minimum atomic E-state index is -0.505. The van der Waals surface area contributed by atoms with E-state index in [1.165, 1.54) is 0 Å². The van der Waals surface area contributed by atoms with Gasteiger partial charge < -0.3 is 10.6 Å². The molecular weight excluding hydrogens is 319 g/mol. The first-order valence-electron chi connectivity index (χ1n) is 4.91. The van der Waals surface area contributed by atoms with Gasteiger partial charge in [0.25, 0.3) is 5.91 Å². The molecule has 1 aromatic carbocycles. The molecule has 0 aliphatic carbocycles. The number of fused-ring (bicyclic) bond motifs is 1. The summed E-state index contributed by atoms with van der Waals surface area (Å²) < 4.78 is 0.871. The molecule has 0 fully saturated rings. The molecule has 0 bridgehead atoms. The molecule has 5 heteroatoms. The molecular formula is C11H11IN2O2. The zero-order chi connectivity index (χ0) is 11.9. The number of carbonyl (C=O) groups excluding carboxylic acids is 2. The lowest BCUT2D eigenvalue weighted by Gasteiger charge is -2.09. The lowest BCUT2D eigenvalue weighted by atomic mass is 10.1. The second kappa shape index (κ2) is 4.04. The fourth-order valence-corrected chi connectivity index (χ4v) is 2.25. The van der Waals surface area contributed by atoms with Gasteiger partial charge in [0.2, 0.25) is 5.91 Å². The maximum absolute atomic E-state index is 11.9. The minimum absolute atomic E-state index is 0.185. The lowest BCUT2D eigenvalue weighted by molar-refractivity contribution is -0.117. The van der Waals surface area contributed by atoms with Gasteiger partial charge in [-0.2, -0.15) is 0 Å². The van der Waals surface area contributed by atoms with Crippen LogP contribution in [0, 0.1) is 10.5 Å². The van der Waals surface area contributed by atoms with E-state index in [9.17, 15) is 9.59 Å². The van der Waals surface area contributed by atoms with E-state index in [1.54, 1.807) is 6.92 Å². The largest absolute Gasteiger partial charge is 0.340 e. The average molecular weight is 330 g/mol. The van der Waals surface area contributed by atoms with Crippen LogP contribution in [0.3, 0.4) is 0 Å². The first kappa shape index (κ1) is 11.4. The average Bonchev–Trinajstić information content (AvgIpc) is 2.33. The predicted octanol–water partition coefficient (Wildman–Crippen LogP) is 1.67. The fourth-order valence-electron chi connectivity index (χ4n) is 1.66. The number of halogens is 1. The number of hydrogen-bond donors (Lipinski definition) is 2. The number of nitrogens with one attached hydrogen (secondary N) is 2. The Morgan fingerprint density at radius 2 is 2.00 bits per heavy atom. The van der Waals surface area contributed by atoms with Gasteiger partial charge in [-0.3, -0.25) is 9.59 Å². The molecule has 1 aliphatic rings. The van der Waals surface area contributed by atoms with Gasteiger partial charge in [0.15, 0.2) is 0 Å². The van der Waals surface area contributed by atoms with Crippen molar-refractivity contribution in [1.82, 2.24) is 5.32 Å². The molecule has 1 aromatic rings. The quantitative estimate of drug-likeness (QED) is 0.711. The molecule has 2 amide bonds. The van der Waals surface area contributed by atoms with E-state index >= 15 is 0 Å². The highest BCUT2D eigenvalue weighted by atomic mass is 127. The van der Waals surface area contributed by atoms with Crippen molar-refractivity contribution in [3.63, 3.8) is 0 Å². The molecule has 2 N–H and O–H groups in total. The van der Waals surface area contributed by atoms with Crippen LogP contribution in [0.4, 0.5) is 5.69 Å². The molecule has 0 spiro atoms. The van der Waals surface area contributed by atoms with Crippen molar-refractivity contribution >= 4 is 40.1 Å². The van der Waals surface area contributed by atoms with Crippen LogP contribution < -0.4 is 10.6 Å². The van der Waals surface area contributed by atoms with Crippen LogP contribution >= 0.6 is 22.6 Å². The number of carbonyl (C=O) groups is 2. The molecule has 0 radical (unpaired) electrons. The topological polar surface area (TPSA) is 58.2 Å². The number of aryl methyl sites for hydroxylation is 1. The van der Waals surface area contributed by atoms with Gasteiger partial charge in [0, 0.05) is 3.57 Å². The van der Waals surface area contributed by atoms with Crippen LogP contribution in [0.5, 0.6) is 0 Å². The van der Waals surface area contributed by atoms with E-state index in [1.807, 2.05) is 19.1 Å². The van der Waals surface area contributed by atoms with E-state index in [2.05, 4.69) is 33.2 Å². The Morgan fingerprint density at radius 3 is 2.69 bits per heavy atom. The summed E-state index contributed by atoms with van der Waals surface area (Å²) in [5.41, 5.74) is 2.04. The second-order valence-electron chi connectivity index (χ2n) is 3.80. The molecule has 0 saturated heterocycles. The van der Waals surface area contributed by atoms with Crippen LogP contribution in [0.15, 0.2) is 12.1 Å². The number of rotatable bonds is 0. The molecule has 84 valence electrons. The summed E-state index contributed by atoms with van der Waals surface area (Å²) >= 11 is 2.11. The van der Waals surface area contributed by atoms with Gasteiger partial charge in [0.1, 0.15) is 6.04 Å². The summed E-state index contributed by atoms with van der Waals surface area (Å²) in [5.74, 6) is -0.382. The predicted molar refractivity (Wildman–Crippen MR) is 69.5 cm³/mol. The molecule has 1 aliphatic heterocycles. The van der Waals surface area contributed by atoms with E-state index < -0.39 is 6.04 Å². The zero-order valence-corrected chi connectivity index (χ0v) is 11.1. The van der Waals surface area contributed by atoms with E-state index in [0.717, 1.165) is 9.13 Å². The van der Waals surface area contributed by atoms with E-state index in [0.29, 0.717) is 11.3 Å². The summed E-state index contributed by atoms with van der Waals surface area (Å²) in [5, 5.41) is 5.44. The Hall–Kier alpha value is -1.11. The Balaban J connectivity index is 2.64. The highest BCUT2D eigenvalue weighted by Crippen LogP contribution is 2.27. The van der Waals surface area contributed by atoms with Gasteiger partial charge in [-0.1, -0.05) is 6.07 Å². The van der Waals surface area contributed by atoms with Crippen LogP contribution in [0.25, 0.3) is 0 Å². The molecule has 4 nitrogen and oxygen atoms in total. The molecule has 16 heavy (non-hydrogen) atoms. The maximum atomic E-state index is 11.9. The van der Waals surface area contributed by atoms with Crippen molar-refractivity contribution in [3.05, 3.63) is 26.8 Å². The zero-order valence-electron chi connectivity index (χ0n) is 8.93. The van der Waals surface area contributed by atoms with Crippen LogP contribution in [-0.2, 0) is 4.79 Å². The first-order valence-corrected chi connectivity index (χ1v) is 5.99. The Bertz CT molecular complexity index is 485. The molecule has 1 atom stereocenters. The second-order valence-corrected chi connectivity index (χ2v) is 4.96. The lowest BCUT2D eigenvalue weighted by Crippen LogP contribution is -2.38. The number of anilines is 1. The number of amides is 2. The van der Waals surface area contributed by atoms with E-state index in [4.69, 9.17) is 0 Å². The monoisotopic (exact) mass is 330 g/mol. The summed E-state index contributed by atoms with van der Waals surface area (Å²) in [7, 11) is 0. The van der Waals surface area contributed by atoms with Crippen LogP contribution in [-0.4, -0.2) is 17.9 Å². The molecule has 2 rings (SSSR count). The number of hydrogen-bond acceptors (Lipinski definition) is 2. The molecule has 0 saturated carbocycles. The van der Waals surface area contributed by atoms with Crippen molar-refractivity contribution in [3.8, 4) is 0 Å². The van der Waals surface area contributed by atoms with Gasteiger partial charge in [0.05, 0.1) is 11.3 Å². The third-order valence-corrected chi connectivity index (χ3v) is 3.48. The van der Waals surface area contributed by atoms with Crippen molar-refractivity contribution < 1.29 is 9.59 Å². The Morgan fingerprint density at radius 1 is 1.31 bits per heavy atom. The molecule has 0 aromatic heterocycles. The Kier molecular flexibility index (Phi) is 2.88. The van der Waals surface area contributed by atoms with Gasteiger partial charge in [-0.05, 0) is 48.1 Å². The highest BCUT2D eigenvalue weighted by molar-refractivity contribution is 14.1. The normalized spacial score (nSPS) is 19.6. The maximum Gasteiger partial charge on any atom is 0.254 e. The summed E-state index contributed by atoms with van der Waals surface area (Å²) in [6.45, 7) is 3.53. The van der Waals surface area contributed by atoms with Crippen LogP contribution in [0.2, 0.25) is 0 Å². The van der Waals surface area contributed by atoms with E-state index in [-0.39, 0.29) is 11.8 Å². The minimum Gasteiger partial charge on any atom is -0.340 e. The highest BCUT2D eigenvalue weighted by Gasteiger charge is 2.27. The third kappa shape index (κ3) is 1.79. The molecule has 1 heterocycles. The van der Waals surface area contributed by atoms with Crippen molar-refractivity contribution in [1.29, 1.82) is 0 Å². The van der Waals surface area contributed by atoms with Gasteiger partial charge in [-0.25, -0.2) is 0 Å². The van der Waals surface area contributed by atoms with Crippen molar-refractivity contribution in [2.45, 2.75) is 19.9 Å². The summed E-state index contributed by atoms with van der Waals surface area (Å²) in [4.78, 5) is 23.6. The smallest absolute Gasteiger partial charge is 0.254 e. The standard InChI is InChI=1S/C11H11IN2O2/c1-5-3-4-7(12)9-8(5)11(16)13-6(2)10(15)14-9/h3-4,6H,1-2H3,(H,13,16)(H,14,15). The van der Waals surface area contributed by atoms with Gasteiger partial charge >= 0.3 is 0 Å². The van der Waals surface area contributed by atoms with Crippen LogP contribution in [0.1, 0.15) is 22.8 Å². The van der Waals surface area contributed by atoms with Crippen molar-refractivity contribution in [2.24, 2.45) is 0 Å². The first-order chi connectivity index (χ1) is 7.50. The summed E-state index contributed by atoms with van der Waals surface area (Å²) in [6, 6.07) is 3.26. The number of benzene rings is 1. The Labute approximate surface area is 107 Å². The SMILES string of the molecule is Cc1ccc(I)c2c1C(=O)NC(C)C(=O)N2. The summed E-state index contributed by atoms with van der Waals surface area (Å²) in [6.07, 6.45) is 0.